The number of rotatable bonds is 7. The lowest BCUT2D eigenvalue weighted by Crippen LogP contribution is -2.40. The van der Waals surface area contributed by atoms with Crippen molar-refractivity contribution in [1.82, 2.24) is 9.71 Å². The van der Waals surface area contributed by atoms with Crippen LogP contribution in [0.5, 0.6) is 0 Å². The fraction of sp³-hybridized carbons (Fsp3) is 0.600. The minimum Gasteiger partial charge on any atom is -0.480 e. The Kier molecular flexibility index (Phi) is 5.24. The summed E-state index contributed by atoms with van der Waals surface area (Å²) >= 11 is 1.06. The molecule has 1 heterocycles. The number of sulfonamides is 1. The summed E-state index contributed by atoms with van der Waals surface area (Å²) in [6.07, 6.45) is 2.75. The number of hydrogen-bond donors (Lipinski definition) is 2. The van der Waals surface area contributed by atoms with E-state index in [1.165, 1.54) is 6.20 Å². The third kappa shape index (κ3) is 3.76. The lowest BCUT2D eigenvalue weighted by atomic mass is 10.2. The molecular formula is C10H16N2O4S2. The summed E-state index contributed by atoms with van der Waals surface area (Å²) in [6, 6.07) is -1.09. The molecule has 0 spiro atoms. The molecule has 0 bridgehead atoms. The molecular weight excluding hydrogens is 276 g/mol. The maximum absolute atomic E-state index is 11.9. The average Bonchev–Trinajstić information content (AvgIpc) is 2.77. The Balaban J connectivity index is 2.89. The van der Waals surface area contributed by atoms with Gasteiger partial charge in [-0.2, -0.15) is 4.72 Å². The van der Waals surface area contributed by atoms with Gasteiger partial charge in [-0.3, -0.25) is 4.79 Å². The van der Waals surface area contributed by atoms with Gasteiger partial charge in [0.25, 0.3) is 10.0 Å². The minimum atomic E-state index is -3.79. The van der Waals surface area contributed by atoms with Crippen molar-refractivity contribution < 1.29 is 18.3 Å². The van der Waals surface area contributed by atoms with Gasteiger partial charge in [0.2, 0.25) is 0 Å². The maximum atomic E-state index is 11.9. The molecule has 0 fully saturated rings. The molecule has 0 saturated heterocycles. The van der Waals surface area contributed by atoms with E-state index in [4.69, 9.17) is 5.11 Å². The van der Waals surface area contributed by atoms with Gasteiger partial charge >= 0.3 is 5.97 Å². The average molecular weight is 292 g/mol. The molecule has 1 aromatic heterocycles. The summed E-state index contributed by atoms with van der Waals surface area (Å²) in [4.78, 5) is 14.9. The lowest BCUT2D eigenvalue weighted by molar-refractivity contribution is -0.139. The fourth-order valence-electron chi connectivity index (χ4n) is 1.35. The summed E-state index contributed by atoms with van der Waals surface area (Å²) in [5.41, 5.74) is 0. The van der Waals surface area contributed by atoms with Crippen molar-refractivity contribution in [2.75, 3.05) is 0 Å². The van der Waals surface area contributed by atoms with Crippen LogP contribution >= 0.6 is 11.3 Å². The number of aryl methyl sites for hydroxylation is 1. The number of hydrogen-bond acceptors (Lipinski definition) is 5. The molecule has 1 aromatic rings. The van der Waals surface area contributed by atoms with Crippen molar-refractivity contribution in [3.63, 3.8) is 0 Å². The number of thiazole rings is 1. The van der Waals surface area contributed by atoms with Crippen LogP contribution in [-0.4, -0.2) is 30.5 Å². The van der Waals surface area contributed by atoms with Gasteiger partial charge in [-0.1, -0.05) is 20.3 Å². The second kappa shape index (κ2) is 6.26. The second-order valence-electron chi connectivity index (χ2n) is 3.73. The molecule has 0 aliphatic carbocycles. The SMILES string of the molecule is CCCC(NS(=O)(=O)c1cnc(CC)s1)C(=O)O. The van der Waals surface area contributed by atoms with E-state index in [-0.39, 0.29) is 10.6 Å². The standard InChI is InChI=1S/C10H16N2O4S2/c1-3-5-7(10(13)14)12-18(15,16)9-6-11-8(4-2)17-9/h6-7,12H,3-5H2,1-2H3,(H,13,14). The van der Waals surface area contributed by atoms with Gasteiger partial charge in [0.05, 0.1) is 11.2 Å². The molecule has 6 nitrogen and oxygen atoms in total. The van der Waals surface area contributed by atoms with E-state index in [2.05, 4.69) is 9.71 Å². The molecule has 0 aliphatic rings. The van der Waals surface area contributed by atoms with E-state index in [9.17, 15) is 13.2 Å². The number of carboxylic acids is 1. The number of aliphatic carboxylic acids is 1. The number of carbonyl (C=O) groups is 1. The highest BCUT2D eigenvalue weighted by Gasteiger charge is 2.26. The third-order valence-corrected chi connectivity index (χ3v) is 5.35. The Morgan fingerprint density at radius 2 is 2.22 bits per heavy atom. The molecule has 1 unspecified atom stereocenters. The monoisotopic (exact) mass is 292 g/mol. The van der Waals surface area contributed by atoms with E-state index in [1.807, 2.05) is 6.92 Å². The maximum Gasteiger partial charge on any atom is 0.321 e. The highest BCUT2D eigenvalue weighted by atomic mass is 32.2. The zero-order valence-corrected chi connectivity index (χ0v) is 11.8. The molecule has 18 heavy (non-hydrogen) atoms. The normalized spacial score (nSPS) is 13.4. The van der Waals surface area contributed by atoms with Crippen molar-refractivity contribution in [1.29, 1.82) is 0 Å². The van der Waals surface area contributed by atoms with Gasteiger partial charge in [-0.15, -0.1) is 11.3 Å². The predicted octanol–water partition coefficient (Wildman–Crippen LogP) is 1.24. The molecule has 8 heteroatoms. The molecule has 1 rings (SSSR count). The van der Waals surface area contributed by atoms with Crippen LogP contribution in [0.2, 0.25) is 0 Å². The van der Waals surface area contributed by atoms with Gasteiger partial charge < -0.3 is 5.11 Å². The number of nitrogens with one attached hydrogen (secondary N) is 1. The highest BCUT2D eigenvalue weighted by molar-refractivity contribution is 7.91. The smallest absolute Gasteiger partial charge is 0.321 e. The Morgan fingerprint density at radius 1 is 1.56 bits per heavy atom. The zero-order chi connectivity index (χ0) is 13.8. The van der Waals surface area contributed by atoms with Gasteiger partial charge in [-0.05, 0) is 12.8 Å². The first kappa shape index (κ1) is 15.1. The Labute approximate surface area is 110 Å². The van der Waals surface area contributed by atoms with Crippen LogP contribution in [0.4, 0.5) is 0 Å². The quantitative estimate of drug-likeness (QED) is 0.788. The zero-order valence-electron chi connectivity index (χ0n) is 10.2. The van der Waals surface area contributed by atoms with Crippen LogP contribution in [0.25, 0.3) is 0 Å². The number of aromatic nitrogens is 1. The molecule has 102 valence electrons. The van der Waals surface area contributed by atoms with Crippen molar-refractivity contribution in [3.05, 3.63) is 11.2 Å². The van der Waals surface area contributed by atoms with E-state index < -0.39 is 22.0 Å². The van der Waals surface area contributed by atoms with E-state index in [0.29, 0.717) is 17.8 Å². The second-order valence-corrected chi connectivity index (χ2v) is 6.78. The molecule has 0 aliphatic heterocycles. The Morgan fingerprint density at radius 3 is 2.67 bits per heavy atom. The van der Waals surface area contributed by atoms with Crippen molar-refractivity contribution in [3.8, 4) is 0 Å². The van der Waals surface area contributed by atoms with E-state index in [1.54, 1.807) is 6.92 Å². The summed E-state index contributed by atoms with van der Waals surface area (Å²) in [5, 5.41) is 9.63. The van der Waals surface area contributed by atoms with E-state index >= 15 is 0 Å². The van der Waals surface area contributed by atoms with Crippen LogP contribution in [0.15, 0.2) is 10.4 Å². The van der Waals surface area contributed by atoms with E-state index in [0.717, 1.165) is 11.3 Å². The number of nitrogens with zero attached hydrogens (tertiary/aromatic N) is 1. The Bertz CT molecular complexity index is 510. The van der Waals surface area contributed by atoms with Crippen molar-refractivity contribution >= 4 is 27.3 Å². The van der Waals surface area contributed by atoms with Crippen molar-refractivity contribution in [2.24, 2.45) is 0 Å². The first-order valence-corrected chi connectivity index (χ1v) is 7.90. The van der Waals surface area contributed by atoms with Gasteiger partial charge in [-0.25, -0.2) is 13.4 Å². The van der Waals surface area contributed by atoms with Crippen LogP contribution in [0.1, 0.15) is 31.7 Å². The summed E-state index contributed by atoms with van der Waals surface area (Å²) in [7, 11) is -3.79. The van der Waals surface area contributed by atoms with Crippen LogP contribution in [-0.2, 0) is 21.2 Å². The van der Waals surface area contributed by atoms with Crippen LogP contribution in [0.3, 0.4) is 0 Å². The third-order valence-electron chi connectivity index (χ3n) is 2.27. The predicted molar refractivity (Wildman–Crippen MR) is 68.1 cm³/mol. The van der Waals surface area contributed by atoms with Crippen LogP contribution in [0, 0.1) is 0 Å². The Hall–Kier alpha value is -0.990. The van der Waals surface area contributed by atoms with Crippen LogP contribution < -0.4 is 4.72 Å². The summed E-state index contributed by atoms with van der Waals surface area (Å²) < 4.78 is 26.1. The summed E-state index contributed by atoms with van der Waals surface area (Å²) in [5.74, 6) is -1.17. The molecule has 2 N–H and O–H groups in total. The van der Waals surface area contributed by atoms with Gasteiger partial charge in [0.1, 0.15) is 6.04 Å². The molecule has 0 amide bonds. The number of carboxylic acid groups (broad SMARTS) is 1. The van der Waals surface area contributed by atoms with Gasteiger partial charge in [0.15, 0.2) is 4.21 Å². The fourth-order valence-corrected chi connectivity index (χ4v) is 3.71. The molecule has 1 atom stereocenters. The first-order chi connectivity index (χ1) is 8.40. The molecule has 0 saturated carbocycles. The first-order valence-electron chi connectivity index (χ1n) is 5.60. The lowest BCUT2D eigenvalue weighted by Gasteiger charge is -2.12. The van der Waals surface area contributed by atoms with Gasteiger partial charge in [0, 0.05) is 0 Å². The highest BCUT2D eigenvalue weighted by Crippen LogP contribution is 2.19. The molecule has 0 aromatic carbocycles. The summed E-state index contributed by atoms with van der Waals surface area (Å²) in [6.45, 7) is 3.67. The topological polar surface area (TPSA) is 96.4 Å². The van der Waals surface area contributed by atoms with Crippen molar-refractivity contribution in [2.45, 2.75) is 43.4 Å². The largest absolute Gasteiger partial charge is 0.480 e. The molecule has 0 radical (unpaired) electrons. The minimum absolute atomic E-state index is 0.0571.